The van der Waals surface area contributed by atoms with Gasteiger partial charge in [-0.3, -0.25) is 4.98 Å². The molecule has 0 saturated heterocycles. The Bertz CT molecular complexity index is 528. The molecule has 0 saturated carbocycles. The Morgan fingerprint density at radius 3 is 2.63 bits per heavy atom. The maximum absolute atomic E-state index is 5.82. The molecule has 2 rings (SSSR count). The molecule has 0 aliphatic heterocycles. The van der Waals surface area contributed by atoms with Crippen LogP contribution >= 0.6 is 11.6 Å². The molecular formula is C15H17ClN2O. The van der Waals surface area contributed by atoms with E-state index in [0.29, 0.717) is 17.7 Å². The highest BCUT2D eigenvalue weighted by atomic mass is 35.5. The summed E-state index contributed by atoms with van der Waals surface area (Å²) in [4.78, 5) is 8.37. The number of hydrogen-bond acceptors (Lipinski definition) is 3. The van der Waals surface area contributed by atoms with Crippen LogP contribution in [0.2, 0.25) is 0 Å². The first-order valence-corrected chi connectivity index (χ1v) is 6.91. The minimum absolute atomic E-state index is 0.358. The van der Waals surface area contributed by atoms with Gasteiger partial charge in [0.15, 0.2) is 0 Å². The van der Waals surface area contributed by atoms with E-state index in [4.69, 9.17) is 16.3 Å². The molecule has 100 valence electrons. The fourth-order valence-corrected chi connectivity index (χ4v) is 1.92. The van der Waals surface area contributed by atoms with E-state index in [2.05, 4.69) is 29.9 Å². The molecule has 2 aromatic rings. The molecule has 0 radical (unpaired) electrons. The standard InChI is InChI=1S/C15H17ClN2O/c1-3-11(2)13-6-4-5-7-14(13)19-15-10-17-12(8-16)9-18-15/h4-7,9-11H,3,8H2,1-2H3. The Kier molecular flexibility index (Phi) is 4.74. The first-order chi connectivity index (χ1) is 9.24. The quantitative estimate of drug-likeness (QED) is 0.753. The minimum Gasteiger partial charge on any atom is -0.437 e. The predicted molar refractivity (Wildman–Crippen MR) is 76.8 cm³/mol. The SMILES string of the molecule is CCC(C)c1ccccc1Oc1cnc(CCl)cn1. The van der Waals surface area contributed by atoms with Crippen LogP contribution in [-0.4, -0.2) is 9.97 Å². The Balaban J connectivity index is 2.22. The summed E-state index contributed by atoms with van der Waals surface area (Å²) < 4.78 is 5.82. The maximum atomic E-state index is 5.82. The van der Waals surface area contributed by atoms with Crippen LogP contribution in [0.4, 0.5) is 0 Å². The average molecular weight is 277 g/mol. The van der Waals surface area contributed by atoms with E-state index in [1.165, 1.54) is 5.56 Å². The minimum atomic E-state index is 0.358. The zero-order chi connectivity index (χ0) is 13.7. The van der Waals surface area contributed by atoms with E-state index >= 15 is 0 Å². The summed E-state index contributed by atoms with van der Waals surface area (Å²) >= 11 is 5.68. The van der Waals surface area contributed by atoms with E-state index in [1.54, 1.807) is 12.4 Å². The molecule has 1 atom stereocenters. The number of rotatable bonds is 5. The highest BCUT2D eigenvalue weighted by Crippen LogP contribution is 2.30. The zero-order valence-electron chi connectivity index (χ0n) is 11.1. The van der Waals surface area contributed by atoms with E-state index in [0.717, 1.165) is 17.9 Å². The molecule has 1 aromatic carbocycles. The molecule has 1 heterocycles. The Labute approximate surface area is 118 Å². The number of aromatic nitrogens is 2. The fraction of sp³-hybridized carbons (Fsp3) is 0.333. The summed E-state index contributed by atoms with van der Waals surface area (Å²) in [5, 5.41) is 0. The van der Waals surface area contributed by atoms with Crippen LogP contribution in [0.15, 0.2) is 36.7 Å². The van der Waals surface area contributed by atoms with Crippen molar-refractivity contribution in [1.82, 2.24) is 9.97 Å². The van der Waals surface area contributed by atoms with Gasteiger partial charge < -0.3 is 4.74 Å². The van der Waals surface area contributed by atoms with Crippen molar-refractivity contribution in [3.05, 3.63) is 47.9 Å². The summed E-state index contributed by atoms with van der Waals surface area (Å²) in [5.41, 5.74) is 1.93. The molecule has 0 bridgehead atoms. The molecule has 0 fully saturated rings. The second-order valence-electron chi connectivity index (χ2n) is 4.43. The maximum Gasteiger partial charge on any atom is 0.237 e. The predicted octanol–water partition coefficient (Wildman–Crippen LogP) is 4.52. The fourth-order valence-electron chi connectivity index (χ4n) is 1.78. The normalized spacial score (nSPS) is 12.2. The Morgan fingerprint density at radius 2 is 2.00 bits per heavy atom. The summed E-state index contributed by atoms with van der Waals surface area (Å²) in [6, 6.07) is 8.03. The van der Waals surface area contributed by atoms with Crippen molar-refractivity contribution in [2.45, 2.75) is 32.1 Å². The molecule has 0 aliphatic rings. The van der Waals surface area contributed by atoms with Gasteiger partial charge in [0.1, 0.15) is 5.75 Å². The molecule has 0 aliphatic carbocycles. The van der Waals surface area contributed by atoms with Crippen molar-refractivity contribution in [2.24, 2.45) is 0 Å². The van der Waals surface area contributed by atoms with Gasteiger partial charge in [0.25, 0.3) is 0 Å². The van der Waals surface area contributed by atoms with Crippen molar-refractivity contribution >= 4 is 11.6 Å². The molecule has 0 amide bonds. The monoisotopic (exact) mass is 276 g/mol. The van der Waals surface area contributed by atoms with Crippen molar-refractivity contribution < 1.29 is 4.74 Å². The first kappa shape index (κ1) is 13.8. The summed E-state index contributed by atoms with van der Waals surface area (Å²) in [5.74, 6) is 2.14. The van der Waals surface area contributed by atoms with Crippen LogP contribution in [0.3, 0.4) is 0 Å². The number of benzene rings is 1. The number of hydrogen-bond donors (Lipinski definition) is 0. The lowest BCUT2D eigenvalue weighted by Crippen LogP contribution is -1.98. The molecule has 0 spiro atoms. The van der Waals surface area contributed by atoms with Crippen molar-refractivity contribution in [3.8, 4) is 11.6 Å². The molecule has 4 heteroatoms. The van der Waals surface area contributed by atoms with Crippen LogP contribution in [0, 0.1) is 0 Å². The van der Waals surface area contributed by atoms with Gasteiger partial charge in [-0.2, -0.15) is 0 Å². The molecule has 1 aromatic heterocycles. The van der Waals surface area contributed by atoms with E-state index < -0.39 is 0 Å². The van der Waals surface area contributed by atoms with Crippen LogP contribution in [0.25, 0.3) is 0 Å². The van der Waals surface area contributed by atoms with Gasteiger partial charge in [-0.25, -0.2) is 4.98 Å². The van der Waals surface area contributed by atoms with Crippen molar-refractivity contribution in [1.29, 1.82) is 0 Å². The Hall–Kier alpha value is -1.61. The van der Waals surface area contributed by atoms with Crippen molar-refractivity contribution in [3.63, 3.8) is 0 Å². The largest absolute Gasteiger partial charge is 0.437 e. The van der Waals surface area contributed by atoms with E-state index in [9.17, 15) is 0 Å². The third-order valence-corrected chi connectivity index (χ3v) is 3.37. The topological polar surface area (TPSA) is 35.0 Å². The van der Waals surface area contributed by atoms with Gasteiger partial charge in [0.2, 0.25) is 5.88 Å². The second-order valence-corrected chi connectivity index (χ2v) is 4.70. The molecule has 0 N–H and O–H groups in total. The second kappa shape index (κ2) is 6.53. The lowest BCUT2D eigenvalue weighted by atomic mass is 9.98. The molecule has 19 heavy (non-hydrogen) atoms. The smallest absolute Gasteiger partial charge is 0.237 e. The third kappa shape index (κ3) is 3.44. The first-order valence-electron chi connectivity index (χ1n) is 6.38. The van der Waals surface area contributed by atoms with Gasteiger partial charge in [-0.05, 0) is 24.0 Å². The summed E-state index contributed by atoms with van der Waals surface area (Å²) in [6.07, 6.45) is 4.30. The molecular weight excluding hydrogens is 260 g/mol. The Morgan fingerprint density at radius 1 is 1.21 bits per heavy atom. The number of ether oxygens (including phenoxy) is 1. The van der Waals surface area contributed by atoms with Gasteiger partial charge in [0.05, 0.1) is 24.0 Å². The van der Waals surface area contributed by atoms with Gasteiger partial charge in [-0.15, -0.1) is 11.6 Å². The number of para-hydroxylation sites is 1. The van der Waals surface area contributed by atoms with Crippen LogP contribution < -0.4 is 4.74 Å². The molecule has 3 nitrogen and oxygen atoms in total. The van der Waals surface area contributed by atoms with Gasteiger partial charge in [-0.1, -0.05) is 32.0 Å². The summed E-state index contributed by atoms with van der Waals surface area (Å²) in [7, 11) is 0. The number of nitrogens with zero attached hydrogens (tertiary/aromatic N) is 2. The number of halogens is 1. The highest BCUT2D eigenvalue weighted by Gasteiger charge is 2.10. The lowest BCUT2D eigenvalue weighted by molar-refractivity contribution is 0.449. The van der Waals surface area contributed by atoms with Gasteiger partial charge in [0, 0.05) is 0 Å². The zero-order valence-corrected chi connectivity index (χ0v) is 11.9. The average Bonchev–Trinajstić information content (AvgIpc) is 2.48. The highest BCUT2D eigenvalue weighted by molar-refractivity contribution is 6.16. The number of alkyl halides is 1. The van der Waals surface area contributed by atoms with Gasteiger partial charge >= 0.3 is 0 Å². The van der Waals surface area contributed by atoms with E-state index in [1.807, 2.05) is 18.2 Å². The van der Waals surface area contributed by atoms with Crippen molar-refractivity contribution in [2.75, 3.05) is 0 Å². The van der Waals surface area contributed by atoms with Crippen LogP contribution in [0.1, 0.15) is 37.4 Å². The molecule has 1 unspecified atom stereocenters. The third-order valence-electron chi connectivity index (χ3n) is 3.10. The van der Waals surface area contributed by atoms with E-state index in [-0.39, 0.29) is 0 Å². The summed E-state index contributed by atoms with van der Waals surface area (Å²) in [6.45, 7) is 4.35. The van der Waals surface area contributed by atoms with Crippen LogP contribution in [0.5, 0.6) is 11.6 Å². The lowest BCUT2D eigenvalue weighted by Gasteiger charge is -2.14. The van der Waals surface area contributed by atoms with Crippen LogP contribution in [-0.2, 0) is 5.88 Å².